The molecule has 11 heteroatoms. The van der Waals surface area contributed by atoms with Gasteiger partial charge in [0, 0.05) is 58.4 Å². The third-order valence-electron chi connectivity index (χ3n) is 6.55. The van der Waals surface area contributed by atoms with Gasteiger partial charge in [-0.1, -0.05) is 11.3 Å². The van der Waals surface area contributed by atoms with Crippen molar-refractivity contribution in [3.8, 4) is 0 Å². The summed E-state index contributed by atoms with van der Waals surface area (Å²) in [5.41, 5.74) is 1.33. The van der Waals surface area contributed by atoms with E-state index in [1.54, 1.807) is 29.1 Å². The lowest BCUT2D eigenvalue weighted by molar-refractivity contribution is -0.131. The number of carbonyl (C=O) groups excluding carboxylic acids is 1. The Kier molecular flexibility index (Phi) is 6.46. The van der Waals surface area contributed by atoms with Crippen LogP contribution >= 0.6 is 0 Å². The number of aryl methyl sites for hydroxylation is 1. The van der Waals surface area contributed by atoms with Gasteiger partial charge in [0.1, 0.15) is 11.3 Å². The maximum atomic E-state index is 12.8. The van der Waals surface area contributed by atoms with Crippen LogP contribution in [0, 0.1) is 0 Å². The second kappa shape index (κ2) is 9.67. The molecule has 1 aromatic carbocycles. The van der Waals surface area contributed by atoms with E-state index in [1.807, 2.05) is 23.1 Å². The fraction of sp³-hybridized carbons (Fsp3) is 0.478. The van der Waals surface area contributed by atoms with Crippen LogP contribution in [0.25, 0.3) is 11.0 Å². The minimum absolute atomic E-state index is 0.143. The lowest BCUT2D eigenvalue weighted by atomic mass is 10.2. The molecule has 10 nitrogen and oxygen atoms in total. The number of nitrogens with zero attached hydrogens (tertiary/aromatic N) is 7. The van der Waals surface area contributed by atoms with Gasteiger partial charge in [0.2, 0.25) is 15.9 Å². The molecule has 2 aliphatic rings. The summed E-state index contributed by atoms with van der Waals surface area (Å²) in [6.07, 6.45) is 4.67. The third kappa shape index (κ3) is 4.62. The van der Waals surface area contributed by atoms with Crippen LogP contribution in [0.3, 0.4) is 0 Å². The minimum Gasteiger partial charge on any atom is -0.353 e. The Bertz CT molecular complexity index is 1250. The molecule has 5 rings (SSSR count). The fourth-order valence-corrected chi connectivity index (χ4v) is 6.16. The average molecular weight is 484 g/mol. The normalized spacial score (nSPS) is 17.5. The zero-order valence-electron chi connectivity index (χ0n) is 19.1. The highest BCUT2D eigenvalue weighted by Gasteiger charge is 2.28. The summed E-state index contributed by atoms with van der Waals surface area (Å²) in [6.45, 7) is 4.62. The highest BCUT2D eigenvalue weighted by molar-refractivity contribution is 7.89. The summed E-state index contributed by atoms with van der Waals surface area (Å²) < 4.78 is 28.9. The maximum absolute atomic E-state index is 12.8. The monoisotopic (exact) mass is 483 g/mol. The molecular weight excluding hydrogens is 454 g/mol. The van der Waals surface area contributed by atoms with E-state index in [-0.39, 0.29) is 10.8 Å². The molecule has 3 aromatic rings. The van der Waals surface area contributed by atoms with E-state index in [0.29, 0.717) is 51.1 Å². The Hall–Kier alpha value is -3.05. The van der Waals surface area contributed by atoms with Gasteiger partial charge in [-0.05, 0) is 49.6 Å². The Morgan fingerprint density at radius 3 is 2.50 bits per heavy atom. The quantitative estimate of drug-likeness (QED) is 0.504. The van der Waals surface area contributed by atoms with Crippen molar-refractivity contribution in [3.63, 3.8) is 0 Å². The second-order valence-electron chi connectivity index (χ2n) is 8.73. The fourth-order valence-electron chi connectivity index (χ4n) is 4.62. The van der Waals surface area contributed by atoms with Crippen LogP contribution in [0.4, 0.5) is 5.82 Å². The van der Waals surface area contributed by atoms with Gasteiger partial charge in [0.25, 0.3) is 0 Å². The molecule has 0 bridgehead atoms. The summed E-state index contributed by atoms with van der Waals surface area (Å²) in [7, 11) is -3.48. The molecule has 4 heterocycles. The number of anilines is 1. The highest BCUT2D eigenvalue weighted by Crippen LogP contribution is 2.24. The second-order valence-corrected chi connectivity index (χ2v) is 10.7. The molecule has 0 spiro atoms. The number of carbonyl (C=O) groups is 1. The van der Waals surface area contributed by atoms with Crippen molar-refractivity contribution in [2.75, 3.05) is 44.2 Å². The van der Waals surface area contributed by atoms with Gasteiger partial charge in [-0.25, -0.2) is 18.1 Å². The van der Waals surface area contributed by atoms with E-state index >= 15 is 0 Å². The molecule has 0 aliphatic carbocycles. The molecule has 0 N–H and O–H groups in total. The number of rotatable bonds is 7. The molecule has 0 radical (unpaired) electrons. The SMILES string of the molecule is O=C(CCCn1nnc2cc(S(=O)(=O)N3CCCC3)ccc21)N1CCN(c2ccccn2)CC1. The van der Waals surface area contributed by atoms with Crippen molar-refractivity contribution in [1.29, 1.82) is 0 Å². The van der Waals surface area contributed by atoms with Gasteiger partial charge in [-0.15, -0.1) is 5.10 Å². The summed E-state index contributed by atoms with van der Waals surface area (Å²) in [6, 6.07) is 10.8. The van der Waals surface area contributed by atoms with Crippen LogP contribution in [0.15, 0.2) is 47.5 Å². The van der Waals surface area contributed by atoms with Gasteiger partial charge in [-0.3, -0.25) is 4.79 Å². The van der Waals surface area contributed by atoms with Gasteiger partial charge in [0.15, 0.2) is 0 Å². The first-order valence-corrected chi connectivity index (χ1v) is 13.2. The molecule has 34 heavy (non-hydrogen) atoms. The Balaban J connectivity index is 1.15. The molecule has 2 aliphatic heterocycles. The van der Waals surface area contributed by atoms with Gasteiger partial charge < -0.3 is 9.80 Å². The number of sulfonamides is 1. The lowest BCUT2D eigenvalue weighted by Crippen LogP contribution is -2.49. The average Bonchev–Trinajstić information content (AvgIpc) is 3.55. The molecule has 0 atom stereocenters. The first-order valence-electron chi connectivity index (χ1n) is 11.8. The lowest BCUT2D eigenvalue weighted by Gasteiger charge is -2.35. The molecule has 0 saturated carbocycles. The number of benzene rings is 1. The molecule has 2 aromatic heterocycles. The number of aromatic nitrogens is 4. The van der Waals surface area contributed by atoms with Gasteiger partial charge in [0.05, 0.1) is 10.4 Å². The topological polar surface area (TPSA) is 105 Å². The predicted octanol–water partition coefficient (Wildman–Crippen LogP) is 1.74. The zero-order valence-corrected chi connectivity index (χ0v) is 19.9. The van der Waals surface area contributed by atoms with Crippen molar-refractivity contribution in [2.24, 2.45) is 0 Å². The van der Waals surface area contributed by atoms with Crippen molar-refractivity contribution in [2.45, 2.75) is 37.1 Å². The van der Waals surface area contributed by atoms with E-state index in [9.17, 15) is 13.2 Å². The van der Waals surface area contributed by atoms with E-state index in [2.05, 4.69) is 20.2 Å². The Morgan fingerprint density at radius 1 is 0.971 bits per heavy atom. The van der Waals surface area contributed by atoms with Crippen molar-refractivity contribution in [3.05, 3.63) is 42.6 Å². The molecule has 180 valence electrons. The molecule has 2 saturated heterocycles. The number of hydrogen-bond donors (Lipinski definition) is 0. The van der Waals surface area contributed by atoms with Crippen LogP contribution in [0.2, 0.25) is 0 Å². The predicted molar refractivity (Wildman–Crippen MR) is 128 cm³/mol. The molecule has 0 unspecified atom stereocenters. The van der Waals surface area contributed by atoms with E-state index in [0.717, 1.165) is 37.3 Å². The first kappa shape index (κ1) is 22.7. The Labute approximate surface area is 199 Å². The van der Waals surface area contributed by atoms with Crippen molar-refractivity contribution >= 4 is 32.8 Å². The van der Waals surface area contributed by atoms with E-state index in [4.69, 9.17) is 0 Å². The number of fused-ring (bicyclic) bond motifs is 1. The number of pyridine rings is 1. The zero-order chi connectivity index (χ0) is 23.5. The number of amides is 1. The summed E-state index contributed by atoms with van der Waals surface area (Å²) in [5.74, 6) is 1.09. The van der Waals surface area contributed by atoms with Crippen LogP contribution in [0.1, 0.15) is 25.7 Å². The number of piperazine rings is 1. The van der Waals surface area contributed by atoms with Crippen LogP contribution in [0.5, 0.6) is 0 Å². The summed E-state index contributed by atoms with van der Waals surface area (Å²) in [5, 5.41) is 8.36. The third-order valence-corrected chi connectivity index (χ3v) is 8.45. The maximum Gasteiger partial charge on any atom is 0.243 e. The molecule has 2 fully saturated rings. The largest absolute Gasteiger partial charge is 0.353 e. The smallest absolute Gasteiger partial charge is 0.243 e. The summed E-state index contributed by atoms with van der Waals surface area (Å²) in [4.78, 5) is 21.4. The van der Waals surface area contributed by atoms with E-state index in [1.165, 1.54) is 4.31 Å². The molecular formula is C23H29N7O3S. The van der Waals surface area contributed by atoms with Crippen molar-refractivity contribution < 1.29 is 13.2 Å². The van der Waals surface area contributed by atoms with E-state index < -0.39 is 10.0 Å². The first-order chi connectivity index (χ1) is 16.5. The Morgan fingerprint density at radius 2 is 1.76 bits per heavy atom. The molecule has 1 amide bonds. The summed E-state index contributed by atoms with van der Waals surface area (Å²) >= 11 is 0. The van der Waals surface area contributed by atoms with Crippen LogP contribution in [-0.2, 0) is 21.4 Å². The highest BCUT2D eigenvalue weighted by atomic mass is 32.2. The number of hydrogen-bond acceptors (Lipinski definition) is 7. The van der Waals surface area contributed by atoms with Gasteiger partial charge >= 0.3 is 0 Å². The standard InChI is InChI=1S/C23H29N7O3S/c31-23(28-16-14-27(15-17-28)22-6-1-2-10-24-22)7-5-13-30-21-9-8-19(18-20(21)25-26-30)34(32,33)29-11-3-4-12-29/h1-2,6,8-10,18H,3-5,7,11-17H2. The van der Waals surface area contributed by atoms with Gasteiger partial charge in [-0.2, -0.15) is 4.31 Å². The van der Waals surface area contributed by atoms with Crippen molar-refractivity contribution in [1.82, 2.24) is 29.2 Å². The van der Waals surface area contributed by atoms with Crippen LogP contribution < -0.4 is 4.90 Å². The minimum atomic E-state index is -3.48. The van der Waals surface area contributed by atoms with Crippen LogP contribution in [-0.4, -0.2) is 82.8 Å².